The molecule has 0 aliphatic heterocycles. The molecule has 0 amide bonds. The van der Waals surface area contributed by atoms with Crippen LogP contribution in [0.15, 0.2) is 6.20 Å². The van der Waals surface area contributed by atoms with Crippen molar-refractivity contribution in [2.24, 2.45) is 0 Å². The molecule has 98 valence electrons. The van der Waals surface area contributed by atoms with E-state index in [9.17, 15) is 0 Å². The third-order valence-electron chi connectivity index (χ3n) is 2.45. The van der Waals surface area contributed by atoms with E-state index in [0.717, 1.165) is 38.0 Å². The second-order valence-corrected chi connectivity index (χ2v) is 4.01. The van der Waals surface area contributed by atoms with Crippen LogP contribution in [0.1, 0.15) is 31.4 Å². The smallest absolute Gasteiger partial charge is 0.0964 e. The molecular formula is C11H22N4O2. The molecule has 6 heteroatoms. The molecule has 0 aromatic carbocycles. The first-order valence-electron chi connectivity index (χ1n) is 6.18. The number of hydrogen-bond donors (Lipinski definition) is 3. The maximum atomic E-state index is 8.69. The summed E-state index contributed by atoms with van der Waals surface area (Å²) < 4.78 is 1.75. The summed E-state index contributed by atoms with van der Waals surface area (Å²) in [5.41, 5.74) is 0.921. The summed E-state index contributed by atoms with van der Waals surface area (Å²) in [5, 5.41) is 28.6. The number of aliphatic hydroxyl groups excluding tert-OH is 2. The highest BCUT2D eigenvalue weighted by Gasteiger charge is 1.99. The fraction of sp³-hybridized carbons (Fsp3) is 0.818. The highest BCUT2D eigenvalue weighted by molar-refractivity contribution is 4.91. The lowest BCUT2D eigenvalue weighted by Gasteiger charge is -2.01. The van der Waals surface area contributed by atoms with Gasteiger partial charge in [-0.3, -0.25) is 4.68 Å². The maximum Gasteiger partial charge on any atom is 0.0964 e. The standard InChI is InChI=1S/C11H22N4O2/c16-7-3-1-2-5-12-9-11-10-15(14-13-11)6-4-8-17/h10,12,16-17H,1-9H2. The summed E-state index contributed by atoms with van der Waals surface area (Å²) in [6.45, 7) is 2.82. The van der Waals surface area contributed by atoms with E-state index >= 15 is 0 Å². The summed E-state index contributed by atoms with van der Waals surface area (Å²) in [7, 11) is 0. The Bertz CT molecular complexity index is 291. The molecule has 0 saturated carbocycles. The summed E-state index contributed by atoms with van der Waals surface area (Å²) in [6.07, 6.45) is 5.60. The Morgan fingerprint density at radius 2 is 1.94 bits per heavy atom. The van der Waals surface area contributed by atoms with Crippen LogP contribution in [0.25, 0.3) is 0 Å². The first-order valence-corrected chi connectivity index (χ1v) is 6.18. The Kier molecular flexibility index (Phi) is 7.53. The summed E-state index contributed by atoms with van der Waals surface area (Å²) in [4.78, 5) is 0. The van der Waals surface area contributed by atoms with Crippen molar-refractivity contribution >= 4 is 0 Å². The van der Waals surface area contributed by atoms with Crippen LogP contribution in [0.4, 0.5) is 0 Å². The van der Waals surface area contributed by atoms with Crippen molar-refractivity contribution in [1.29, 1.82) is 0 Å². The Balaban J connectivity index is 2.08. The highest BCUT2D eigenvalue weighted by Crippen LogP contribution is 1.96. The molecule has 0 aliphatic rings. The number of aliphatic hydroxyl groups is 2. The fourth-order valence-electron chi connectivity index (χ4n) is 1.52. The minimum atomic E-state index is 0.179. The molecule has 1 rings (SSSR count). The molecular weight excluding hydrogens is 220 g/mol. The first-order chi connectivity index (χ1) is 8.36. The molecule has 1 aromatic rings. The van der Waals surface area contributed by atoms with Crippen LogP contribution in [0.5, 0.6) is 0 Å². The number of hydrogen-bond acceptors (Lipinski definition) is 5. The largest absolute Gasteiger partial charge is 0.396 e. The van der Waals surface area contributed by atoms with Crippen molar-refractivity contribution in [1.82, 2.24) is 20.3 Å². The Labute approximate surface area is 102 Å². The minimum absolute atomic E-state index is 0.179. The lowest BCUT2D eigenvalue weighted by molar-refractivity contribution is 0.276. The van der Waals surface area contributed by atoms with E-state index in [1.165, 1.54) is 0 Å². The Hall–Kier alpha value is -0.980. The number of rotatable bonds is 10. The second kappa shape index (κ2) is 9.09. The van der Waals surface area contributed by atoms with Crippen LogP contribution in [-0.2, 0) is 13.1 Å². The van der Waals surface area contributed by atoms with Gasteiger partial charge in [-0.1, -0.05) is 5.21 Å². The molecule has 0 unspecified atom stereocenters. The molecule has 3 N–H and O–H groups in total. The van der Waals surface area contributed by atoms with Gasteiger partial charge < -0.3 is 15.5 Å². The van der Waals surface area contributed by atoms with Crippen molar-refractivity contribution in [3.8, 4) is 0 Å². The van der Waals surface area contributed by atoms with Gasteiger partial charge in [0.25, 0.3) is 0 Å². The van der Waals surface area contributed by atoms with Crippen molar-refractivity contribution in [3.05, 3.63) is 11.9 Å². The van der Waals surface area contributed by atoms with E-state index in [1.54, 1.807) is 4.68 Å². The molecule has 0 spiro atoms. The molecule has 1 aromatic heterocycles. The number of nitrogens with one attached hydrogen (secondary N) is 1. The summed E-state index contributed by atoms with van der Waals surface area (Å²) in [5.74, 6) is 0. The Morgan fingerprint density at radius 3 is 2.71 bits per heavy atom. The zero-order valence-corrected chi connectivity index (χ0v) is 10.2. The van der Waals surface area contributed by atoms with Crippen LogP contribution < -0.4 is 5.32 Å². The van der Waals surface area contributed by atoms with Gasteiger partial charge in [-0.2, -0.15) is 0 Å². The van der Waals surface area contributed by atoms with E-state index in [-0.39, 0.29) is 13.2 Å². The number of aryl methyl sites for hydroxylation is 1. The first kappa shape index (κ1) is 14.1. The van der Waals surface area contributed by atoms with Crippen LogP contribution >= 0.6 is 0 Å². The molecule has 0 radical (unpaired) electrons. The van der Waals surface area contributed by atoms with Gasteiger partial charge in [0.1, 0.15) is 0 Å². The summed E-state index contributed by atoms with van der Waals surface area (Å²) in [6, 6.07) is 0. The predicted octanol–water partition coefficient (Wildman–Crippen LogP) is -0.0873. The van der Waals surface area contributed by atoms with Crippen LogP contribution in [0, 0.1) is 0 Å². The van der Waals surface area contributed by atoms with Crippen LogP contribution in [0.3, 0.4) is 0 Å². The topological polar surface area (TPSA) is 83.2 Å². The average Bonchev–Trinajstić information content (AvgIpc) is 2.79. The van der Waals surface area contributed by atoms with Gasteiger partial charge in [-0.25, -0.2) is 0 Å². The van der Waals surface area contributed by atoms with E-state index in [1.807, 2.05) is 6.20 Å². The van der Waals surface area contributed by atoms with Crippen molar-refractivity contribution < 1.29 is 10.2 Å². The number of unbranched alkanes of at least 4 members (excludes halogenated alkanes) is 2. The van der Waals surface area contributed by atoms with Gasteiger partial charge in [0.05, 0.1) is 5.69 Å². The molecule has 0 fully saturated rings. The molecule has 0 bridgehead atoms. The lowest BCUT2D eigenvalue weighted by atomic mass is 10.2. The van der Waals surface area contributed by atoms with Gasteiger partial charge in [0, 0.05) is 32.5 Å². The van der Waals surface area contributed by atoms with Gasteiger partial charge in [0.2, 0.25) is 0 Å². The molecule has 0 aliphatic carbocycles. The van der Waals surface area contributed by atoms with Crippen molar-refractivity contribution in [3.63, 3.8) is 0 Å². The predicted molar refractivity (Wildman–Crippen MR) is 64.4 cm³/mol. The van der Waals surface area contributed by atoms with Crippen LogP contribution in [0.2, 0.25) is 0 Å². The lowest BCUT2D eigenvalue weighted by Crippen LogP contribution is -2.15. The van der Waals surface area contributed by atoms with E-state index in [4.69, 9.17) is 10.2 Å². The SMILES string of the molecule is OCCCCCNCc1cn(CCCO)nn1. The van der Waals surface area contributed by atoms with E-state index in [2.05, 4.69) is 15.6 Å². The maximum absolute atomic E-state index is 8.69. The third kappa shape index (κ3) is 6.35. The summed E-state index contributed by atoms with van der Waals surface area (Å²) >= 11 is 0. The van der Waals surface area contributed by atoms with Gasteiger partial charge in [-0.05, 0) is 32.2 Å². The van der Waals surface area contributed by atoms with Gasteiger partial charge >= 0.3 is 0 Å². The van der Waals surface area contributed by atoms with Crippen molar-refractivity contribution in [2.75, 3.05) is 19.8 Å². The van der Waals surface area contributed by atoms with Crippen molar-refractivity contribution in [2.45, 2.75) is 38.8 Å². The number of aromatic nitrogens is 3. The third-order valence-corrected chi connectivity index (χ3v) is 2.45. The highest BCUT2D eigenvalue weighted by atomic mass is 16.3. The quantitative estimate of drug-likeness (QED) is 0.500. The van der Waals surface area contributed by atoms with E-state index in [0.29, 0.717) is 13.0 Å². The monoisotopic (exact) mass is 242 g/mol. The minimum Gasteiger partial charge on any atom is -0.396 e. The molecule has 0 atom stereocenters. The average molecular weight is 242 g/mol. The van der Waals surface area contributed by atoms with Crippen LogP contribution in [-0.4, -0.2) is 45.0 Å². The molecule has 1 heterocycles. The number of nitrogens with zero attached hydrogens (tertiary/aromatic N) is 3. The fourth-order valence-corrected chi connectivity index (χ4v) is 1.52. The molecule has 17 heavy (non-hydrogen) atoms. The molecule has 0 saturated heterocycles. The molecule has 6 nitrogen and oxygen atoms in total. The Morgan fingerprint density at radius 1 is 1.12 bits per heavy atom. The normalized spacial score (nSPS) is 10.9. The van der Waals surface area contributed by atoms with Gasteiger partial charge in [0.15, 0.2) is 0 Å². The van der Waals surface area contributed by atoms with Gasteiger partial charge in [-0.15, -0.1) is 5.10 Å². The zero-order chi connectivity index (χ0) is 12.3. The second-order valence-electron chi connectivity index (χ2n) is 4.01. The van der Waals surface area contributed by atoms with E-state index < -0.39 is 0 Å². The zero-order valence-electron chi connectivity index (χ0n) is 10.2.